The van der Waals surface area contributed by atoms with Gasteiger partial charge >= 0.3 is 5.97 Å². The second-order valence-electron chi connectivity index (χ2n) is 5.94. The Balaban J connectivity index is 1.90. The first-order chi connectivity index (χ1) is 13.1. The summed E-state index contributed by atoms with van der Waals surface area (Å²) in [4.78, 5) is 11.5. The van der Waals surface area contributed by atoms with E-state index in [4.69, 9.17) is 9.47 Å². The lowest BCUT2D eigenvalue weighted by atomic mass is 10.0. The average Bonchev–Trinajstić information content (AvgIpc) is 2.68. The maximum Gasteiger partial charge on any atom is 0.339 e. The summed E-state index contributed by atoms with van der Waals surface area (Å²) in [5, 5.41) is 9.41. The van der Waals surface area contributed by atoms with Gasteiger partial charge in [-0.3, -0.25) is 0 Å². The predicted molar refractivity (Wildman–Crippen MR) is 101 cm³/mol. The van der Waals surface area contributed by atoms with Crippen molar-refractivity contribution >= 4 is 5.97 Å². The second-order valence-corrected chi connectivity index (χ2v) is 5.94. The molecule has 0 spiro atoms. The van der Waals surface area contributed by atoms with Crippen LogP contribution in [0.3, 0.4) is 0 Å². The average molecular weight is 366 g/mol. The fraction of sp³-hybridized carbons (Fsp3) is 0.136. The Labute approximate surface area is 156 Å². The van der Waals surface area contributed by atoms with Gasteiger partial charge in [-0.25, -0.2) is 9.18 Å². The Morgan fingerprint density at radius 3 is 2.19 bits per heavy atom. The number of aromatic carboxylic acids is 1. The maximum absolute atomic E-state index is 13.1. The number of hydrogen-bond donors (Lipinski definition) is 1. The second kappa shape index (κ2) is 8.36. The molecular formula is C22H19FO4. The summed E-state index contributed by atoms with van der Waals surface area (Å²) in [5.74, 6) is -0.148. The molecular weight excluding hydrogens is 347 g/mol. The van der Waals surface area contributed by atoms with E-state index in [2.05, 4.69) is 0 Å². The minimum Gasteiger partial charge on any atom is -0.494 e. The number of benzene rings is 3. The Bertz CT molecular complexity index is 918. The molecule has 0 radical (unpaired) electrons. The molecule has 3 rings (SSSR count). The van der Waals surface area contributed by atoms with E-state index in [-0.39, 0.29) is 17.1 Å². The third-order valence-corrected chi connectivity index (χ3v) is 3.91. The smallest absolute Gasteiger partial charge is 0.339 e. The summed E-state index contributed by atoms with van der Waals surface area (Å²) in [5.41, 5.74) is 1.74. The van der Waals surface area contributed by atoms with Gasteiger partial charge in [-0.1, -0.05) is 25.1 Å². The van der Waals surface area contributed by atoms with Crippen LogP contribution in [0.25, 0.3) is 11.1 Å². The van der Waals surface area contributed by atoms with Crippen LogP contribution in [0.15, 0.2) is 66.7 Å². The van der Waals surface area contributed by atoms with Crippen LogP contribution in [0, 0.1) is 5.82 Å². The molecule has 138 valence electrons. The van der Waals surface area contributed by atoms with Crippen LogP contribution in [0.2, 0.25) is 0 Å². The van der Waals surface area contributed by atoms with Gasteiger partial charge in [-0.15, -0.1) is 0 Å². The highest BCUT2D eigenvalue weighted by atomic mass is 19.1. The molecule has 27 heavy (non-hydrogen) atoms. The van der Waals surface area contributed by atoms with Crippen molar-refractivity contribution in [3.63, 3.8) is 0 Å². The molecule has 0 aromatic heterocycles. The van der Waals surface area contributed by atoms with Crippen molar-refractivity contribution in [2.75, 3.05) is 6.61 Å². The largest absolute Gasteiger partial charge is 0.494 e. The highest BCUT2D eigenvalue weighted by molar-refractivity contribution is 5.92. The van der Waals surface area contributed by atoms with Crippen LogP contribution in [0.4, 0.5) is 4.39 Å². The first-order valence-electron chi connectivity index (χ1n) is 8.61. The Morgan fingerprint density at radius 2 is 1.56 bits per heavy atom. The number of carboxylic acids is 1. The van der Waals surface area contributed by atoms with E-state index in [1.165, 1.54) is 30.3 Å². The fourth-order valence-corrected chi connectivity index (χ4v) is 2.56. The third-order valence-electron chi connectivity index (χ3n) is 3.91. The van der Waals surface area contributed by atoms with Crippen molar-refractivity contribution in [1.29, 1.82) is 0 Å². The lowest BCUT2D eigenvalue weighted by Gasteiger charge is -2.12. The molecule has 0 amide bonds. The van der Waals surface area contributed by atoms with E-state index >= 15 is 0 Å². The van der Waals surface area contributed by atoms with E-state index < -0.39 is 5.97 Å². The predicted octanol–water partition coefficient (Wildman–Crippen LogP) is 5.77. The first kappa shape index (κ1) is 18.5. The molecule has 3 aromatic carbocycles. The highest BCUT2D eigenvalue weighted by Crippen LogP contribution is 2.32. The standard InChI is InChI=1S/C22H19FO4/c1-2-13-26-18-8-3-15(4-9-18)16-5-12-20(22(24)25)21(14-16)27-19-10-6-17(23)7-11-19/h3-12,14H,2,13H2,1H3,(H,24,25). The number of carboxylic acid groups (broad SMARTS) is 1. The first-order valence-corrected chi connectivity index (χ1v) is 8.61. The minimum atomic E-state index is -1.10. The normalized spacial score (nSPS) is 10.4. The molecule has 3 aromatic rings. The van der Waals surface area contributed by atoms with Gasteiger partial charge < -0.3 is 14.6 Å². The Morgan fingerprint density at radius 1 is 0.926 bits per heavy atom. The summed E-state index contributed by atoms with van der Waals surface area (Å²) in [7, 11) is 0. The van der Waals surface area contributed by atoms with E-state index in [9.17, 15) is 14.3 Å². The van der Waals surface area contributed by atoms with Gasteiger partial charge in [0.2, 0.25) is 0 Å². The van der Waals surface area contributed by atoms with Gasteiger partial charge in [0.05, 0.1) is 6.61 Å². The lowest BCUT2D eigenvalue weighted by molar-refractivity contribution is 0.0694. The third kappa shape index (κ3) is 4.64. The molecule has 0 heterocycles. The zero-order valence-corrected chi connectivity index (χ0v) is 14.8. The summed E-state index contributed by atoms with van der Waals surface area (Å²) < 4.78 is 24.3. The zero-order valence-electron chi connectivity index (χ0n) is 14.8. The molecule has 5 heteroatoms. The summed E-state index contributed by atoms with van der Waals surface area (Å²) in [6, 6.07) is 17.9. The summed E-state index contributed by atoms with van der Waals surface area (Å²) >= 11 is 0. The number of halogens is 1. The topological polar surface area (TPSA) is 55.8 Å². The highest BCUT2D eigenvalue weighted by Gasteiger charge is 2.14. The summed E-state index contributed by atoms with van der Waals surface area (Å²) in [6.45, 7) is 2.70. The van der Waals surface area contributed by atoms with Crippen LogP contribution >= 0.6 is 0 Å². The van der Waals surface area contributed by atoms with Gasteiger partial charge in [0.1, 0.15) is 28.6 Å². The maximum atomic E-state index is 13.1. The lowest BCUT2D eigenvalue weighted by Crippen LogP contribution is -2.00. The molecule has 0 saturated carbocycles. The van der Waals surface area contributed by atoms with Crippen molar-refractivity contribution in [2.45, 2.75) is 13.3 Å². The molecule has 0 aliphatic carbocycles. The van der Waals surface area contributed by atoms with Crippen molar-refractivity contribution < 1.29 is 23.8 Å². The van der Waals surface area contributed by atoms with Crippen LogP contribution < -0.4 is 9.47 Å². The monoisotopic (exact) mass is 366 g/mol. The van der Waals surface area contributed by atoms with Gasteiger partial charge in [0.15, 0.2) is 0 Å². The van der Waals surface area contributed by atoms with Crippen LogP contribution in [0.5, 0.6) is 17.2 Å². The Kier molecular flexibility index (Phi) is 5.71. The quantitative estimate of drug-likeness (QED) is 0.576. The van der Waals surface area contributed by atoms with Crippen molar-refractivity contribution in [3.05, 3.63) is 78.1 Å². The SMILES string of the molecule is CCCOc1ccc(-c2ccc(C(=O)O)c(Oc3ccc(F)cc3)c2)cc1. The molecule has 0 unspecified atom stereocenters. The Hall–Kier alpha value is -3.34. The van der Waals surface area contributed by atoms with E-state index in [1.54, 1.807) is 12.1 Å². The number of carbonyl (C=O) groups is 1. The van der Waals surface area contributed by atoms with E-state index in [0.29, 0.717) is 12.4 Å². The number of rotatable bonds is 7. The molecule has 4 nitrogen and oxygen atoms in total. The molecule has 0 aliphatic rings. The van der Waals surface area contributed by atoms with Crippen LogP contribution in [0.1, 0.15) is 23.7 Å². The molecule has 0 bridgehead atoms. The van der Waals surface area contributed by atoms with Gasteiger partial charge in [-0.2, -0.15) is 0 Å². The van der Waals surface area contributed by atoms with Crippen LogP contribution in [-0.4, -0.2) is 17.7 Å². The molecule has 0 atom stereocenters. The fourth-order valence-electron chi connectivity index (χ4n) is 2.56. The number of hydrogen-bond acceptors (Lipinski definition) is 3. The molecule has 0 aliphatic heterocycles. The number of ether oxygens (including phenoxy) is 2. The van der Waals surface area contributed by atoms with E-state index in [1.807, 2.05) is 31.2 Å². The van der Waals surface area contributed by atoms with E-state index in [0.717, 1.165) is 23.3 Å². The van der Waals surface area contributed by atoms with Crippen molar-refractivity contribution in [2.24, 2.45) is 0 Å². The van der Waals surface area contributed by atoms with Crippen molar-refractivity contribution in [1.82, 2.24) is 0 Å². The summed E-state index contributed by atoms with van der Waals surface area (Å²) in [6.07, 6.45) is 0.933. The van der Waals surface area contributed by atoms with Gasteiger partial charge in [0, 0.05) is 0 Å². The molecule has 1 N–H and O–H groups in total. The van der Waals surface area contributed by atoms with Crippen LogP contribution in [-0.2, 0) is 0 Å². The molecule has 0 fully saturated rings. The molecule has 0 saturated heterocycles. The zero-order chi connectivity index (χ0) is 19.2. The van der Waals surface area contributed by atoms with Gasteiger partial charge in [0.25, 0.3) is 0 Å². The van der Waals surface area contributed by atoms with Gasteiger partial charge in [-0.05, 0) is 66.1 Å². The minimum absolute atomic E-state index is 0.0333. The van der Waals surface area contributed by atoms with Crippen molar-refractivity contribution in [3.8, 4) is 28.4 Å².